The summed E-state index contributed by atoms with van der Waals surface area (Å²) < 4.78 is 0. The highest BCUT2D eigenvalue weighted by Gasteiger charge is 2.45. The molecule has 0 spiro atoms. The van der Waals surface area contributed by atoms with Crippen molar-refractivity contribution in [1.82, 2.24) is 0 Å². The predicted molar refractivity (Wildman–Crippen MR) is 244 cm³/mol. The van der Waals surface area contributed by atoms with Crippen molar-refractivity contribution in [3.05, 3.63) is 259 Å². The SMILES string of the molecule is c1ccc(C2(c3cccc(-c4ccc(N(c5ccc(-c6cccc7ccccc67)cc5)c5ccc6ccccc6c5)cc4)c3)c3ccccc3-c3ccccc32)cc1. The van der Waals surface area contributed by atoms with E-state index in [-0.39, 0.29) is 0 Å². The van der Waals surface area contributed by atoms with Gasteiger partial charge < -0.3 is 4.90 Å². The summed E-state index contributed by atoms with van der Waals surface area (Å²) in [4.78, 5) is 2.37. The third-order valence-corrected chi connectivity index (χ3v) is 12.1. The molecule has 0 fully saturated rings. The summed E-state index contributed by atoms with van der Waals surface area (Å²) in [5.74, 6) is 0. The van der Waals surface area contributed by atoms with Crippen molar-refractivity contribution in [2.45, 2.75) is 5.41 Å². The van der Waals surface area contributed by atoms with Gasteiger partial charge >= 0.3 is 0 Å². The fourth-order valence-electron chi connectivity index (χ4n) is 9.48. The minimum Gasteiger partial charge on any atom is -0.310 e. The molecule has 0 aromatic heterocycles. The first-order valence-electron chi connectivity index (χ1n) is 20.1. The summed E-state index contributed by atoms with van der Waals surface area (Å²) in [6, 6.07) is 86.7. The van der Waals surface area contributed by atoms with Gasteiger partial charge in [0.05, 0.1) is 5.41 Å². The molecule has 0 unspecified atom stereocenters. The van der Waals surface area contributed by atoms with Gasteiger partial charge in [-0.2, -0.15) is 0 Å². The average Bonchev–Trinajstić information content (AvgIpc) is 3.61. The van der Waals surface area contributed by atoms with E-state index in [1.165, 1.54) is 77.2 Å². The van der Waals surface area contributed by atoms with Crippen LogP contribution in [0.25, 0.3) is 54.9 Å². The molecule has 272 valence electrons. The highest BCUT2D eigenvalue weighted by molar-refractivity contribution is 5.97. The first-order chi connectivity index (χ1) is 28.8. The van der Waals surface area contributed by atoms with Crippen LogP contribution < -0.4 is 4.90 Å². The standard InChI is InChI=1S/C57H39N/c1-2-19-46(20-3-1)57(55-26-10-8-23-53(55)54-24-9-11-27-56(54)57)47-21-12-18-44(38-47)41-28-33-48(34-29-41)58(50-37-30-40-14-4-5-16-45(40)39-50)49-35-31-43(32-36-49)52-25-13-17-42-15-6-7-22-51(42)52/h1-39H. The Balaban J connectivity index is 1.01. The van der Waals surface area contributed by atoms with Gasteiger partial charge in [0, 0.05) is 17.1 Å². The van der Waals surface area contributed by atoms with Gasteiger partial charge in [-0.1, -0.05) is 194 Å². The normalized spacial score (nSPS) is 12.6. The van der Waals surface area contributed by atoms with Gasteiger partial charge in [-0.3, -0.25) is 0 Å². The maximum atomic E-state index is 2.41. The Morgan fingerprint density at radius 2 is 0.793 bits per heavy atom. The smallest absolute Gasteiger partial charge is 0.0713 e. The molecule has 0 bridgehead atoms. The van der Waals surface area contributed by atoms with Crippen LogP contribution in [0.1, 0.15) is 22.3 Å². The van der Waals surface area contributed by atoms with Crippen LogP contribution in [-0.4, -0.2) is 0 Å². The third-order valence-electron chi connectivity index (χ3n) is 12.1. The van der Waals surface area contributed by atoms with Gasteiger partial charge in [-0.15, -0.1) is 0 Å². The van der Waals surface area contributed by atoms with Gasteiger partial charge in [0.2, 0.25) is 0 Å². The molecule has 58 heavy (non-hydrogen) atoms. The monoisotopic (exact) mass is 737 g/mol. The van der Waals surface area contributed by atoms with Crippen LogP contribution in [0.5, 0.6) is 0 Å². The number of rotatable bonds is 7. The van der Waals surface area contributed by atoms with E-state index in [2.05, 4.69) is 241 Å². The minimum atomic E-state index is -0.435. The largest absolute Gasteiger partial charge is 0.310 e. The van der Waals surface area contributed by atoms with Crippen LogP contribution in [0, 0.1) is 0 Å². The van der Waals surface area contributed by atoms with Crippen LogP contribution >= 0.6 is 0 Å². The maximum absolute atomic E-state index is 2.41. The average molecular weight is 738 g/mol. The van der Waals surface area contributed by atoms with Crippen molar-refractivity contribution in [2.75, 3.05) is 4.90 Å². The highest BCUT2D eigenvalue weighted by atomic mass is 15.1. The van der Waals surface area contributed by atoms with Gasteiger partial charge in [0.15, 0.2) is 0 Å². The number of hydrogen-bond donors (Lipinski definition) is 0. The summed E-state index contributed by atoms with van der Waals surface area (Å²) >= 11 is 0. The lowest BCUT2D eigenvalue weighted by Crippen LogP contribution is -2.28. The molecule has 10 aromatic carbocycles. The summed E-state index contributed by atoms with van der Waals surface area (Å²) in [6.45, 7) is 0. The first-order valence-corrected chi connectivity index (χ1v) is 20.1. The number of benzene rings is 10. The van der Waals surface area contributed by atoms with Crippen molar-refractivity contribution in [1.29, 1.82) is 0 Å². The highest BCUT2D eigenvalue weighted by Crippen LogP contribution is 2.56. The fourth-order valence-corrected chi connectivity index (χ4v) is 9.48. The van der Waals surface area contributed by atoms with E-state index in [0.29, 0.717) is 0 Å². The van der Waals surface area contributed by atoms with Crippen molar-refractivity contribution >= 4 is 38.6 Å². The van der Waals surface area contributed by atoms with Crippen LogP contribution in [-0.2, 0) is 5.41 Å². The lowest BCUT2D eigenvalue weighted by atomic mass is 9.67. The zero-order valence-corrected chi connectivity index (χ0v) is 32.0. The quantitative estimate of drug-likeness (QED) is 0.157. The molecule has 0 heterocycles. The second-order valence-corrected chi connectivity index (χ2v) is 15.3. The van der Waals surface area contributed by atoms with Crippen molar-refractivity contribution < 1.29 is 0 Å². The molecule has 0 saturated heterocycles. The second-order valence-electron chi connectivity index (χ2n) is 15.3. The molecule has 0 N–H and O–H groups in total. The van der Waals surface area contributed by atoms with Crippen LogP contribution in [0.15, 0.2) is 237 Å². The van der Waals surface area contributed by atoms with E-state index < -0.39 is 5.41 Å². The van der Waals surface area contributed by atoms with Gasteiger partial charge in [0.1, 0.15) is 0 Å². The summed E-state index contributed by atoms with van der Waals surface area (Å²) in [5, 5.41) is 4.96. The molecular weight excluding hydrogens is 699 g/mol. The molecule has 1 nitrogen and oxygen atoms in total. The molecule has 1 aliphatic carbocycles. The Morgan fingerprint density at radius 1 is 0.276 bits per heavy atom. The second kappa shape index (κ2) is 13.9. The topological polar surface area (TPSA) is 3.24 Å². The van der Waals surface area contributed by atoms with E-state index in [1.54, 1.807) is 0 Å². The first kappa shape index (κ1) is 33.8. The number of anilines is 3. The van der Waals surface area contributed by atoms with Gasteiger partial charge in [0.25, 0.3) is 0 Å². The predicted octanol–water partition coefficient (Wildman–Crippen LogP) is 15.2. The molecule has 11 rings (SSSR count). The molecule has 0 saturated carbocycles. The molecule has 0 aliphatic heterocycles. The van der Waals surface area contributed by atoms with E-state index in [0.717, 1.165) is 17.1 Å². The minimum absolute atomic E-state index is 0.435. The fraction of sp³-hybridized carbons (Fsp3) is 0.0175. The van der Waals surface area contributed by atoms with E-state index in [4.69, 9.17) is 0 Å². The summed E-state index contributed by atoms with van der Waals surface area (Å²) in [6.07, 6.45) is 0. The maximum Gasteiger partial charge on any atom is 0.0713 e. The molecule has 0 amide bonds. The molecule has 0 atom stereocenters. The van der Waals surface area contributed by atoms with E-state index in [1.807, 2.05) is 0 Å². The van der Waals surface area contributed by atoms with E-state index >= 15 is 0 Å². The number of hydrogen-bond acceptors (Lipinski definition) is 1. The Morgan fingerprint density at radius 3 is 1.52 bits per heavy atom. The molecule has 1 aliphatic rings. The number of nitrogens with zero attached hydrogens (tertiary/aromatic N) is 1. The third kappa shape index (κ3) is 5.47. The zero-order valence-electron chi connectivity index (χ0n) is 32.0. The molecule has 1 heteroatoms. The Bertz CT molecular complexity index is 3050. The van der Waals surface area contributed by atoms with Crippen molar-refractivity contribution in [2.24, 2.45) is 0 Å². The van der Waals surface area contributed by atoms with Crippen molar-refractivity contribution in [3.63, 3.8) is 0 Å². The zero-order chi connectivity index (χ0) is 38.5. The van der Waals surface area contributed by atoms with Crippen molar-refractivity contribution in [3.8, 4) is 33.4 Å². The van der Waals surface area contributed by atoms with Gasteiger partial charge in [-0.25, -0.2) is 0 Å². The number of fused-ring (bicyclic) bond motifs is 5. The Labute approximate surface area is 339 Å². The van der Waals surface area contributed by atoms with Crippen LogP contribution in [0.4, 0.5) is 17.1 Å². The Hall–Kier alpha value is -7.48. The van der Waals surface area contributed by atoms with Crippen LogP contribution in [0.3, 0.4) is 0 Å². The van der Waals surface area contributed by atoms with E-state index in [9.17, 15) is 0 Å². The summed E-state index contributed by atoms with van der Waals surface area (Å²) in [5.41, 5.74) is 15.5. The molecule has 0 radical (unpaired) electrons. The lowest BCUT2D eigenvalue weighted by Gasteiger charge is -2.34. The van der Waals surface area contributed by atoms with Crippen LogP contribution in [0.2, 0.25) is 0 Å². The lowest BCUT2D eigenvalue weighted by molar-refractivity contribution is 0.769. The summed E-state index contributed by atoms with van der Waals surface area (Å²) in [7, 11) is 0. The molecular formula is C57H39N. The Kier molecular flexibility index (Phi) is 8.12. The molecule has 10 aromatic rings. The van der Waals surface area contributed by atoms with Gasteiger partial charge in [-0.05, 0) is 120 Å².